The van der Waals surface area contributed by atoms with Crippen molar-refractivity contribution in [2.24, 2.45) is 0 Å². The number of nitro benzene ring substituents is 1. The number of anilines is 4. The van der Waals surface area contributed by atoms with Gasteiger partial charge in [0.1, 0.15) is 0 Å². The van der Waals surface area contributed by atoms with Crippen LogP contribution in [-0.2, 0) is 0 Å². The average molecular weight is 584 g/mol. The summed E-state index contributed by atoms with van der Waals surface area (Å²) < 4.78 is 0. The molecule has 4 heterocycles. The molecule has 0 bridgehead atoms. The van der Waals surface area contributed by atoms with E-state index in [0.717, 1.165) is 37.3 Å². The number of hydrogen-bond acceptors (Lipinski definition) is 8. The third-order valence-electron chi connectivity index (χ3n) is 6.85. The maximum absolute atomic E-state index is 12.0. The van der Waals surface area contributed by atoms with Gasteiger partial charge >= 0.3 is 0 Å². The predicted octanol–water partition coefficient (Wildman–Crippen LogP) is 6.91. The van der Waals surface area contributed by atoms with Crippen LogP contribution in [0.1, 0.15) is 34.6 Å². The molecule has 0 aliphatic carbocycles. The molecule has 0 spiro atoms. The summed E-state index contributed by atoms with van der Waals surface area (Å²) in [4.78, 5) is 42.8. The Labute approximate surface area is 245 Å². The first-order valence-electron chi connectivity index (χ1n) is 13.1. The van der Waals surface area contributed by atoms with Gasteiger partial charge in [-0.2, -0.15) is 0 Å². The van der Waals surface area contributed by atoms with Crippen molar-refractivity contribution in [2.75, 3.05) is 23.1 Å². The van der Waals surface area contributed by atoms with Crippen molar-refractivity contribution < 1.29 is 14.5 Å². The number of nitrogens with zero attached hydrogens (tertiary/aromatic N) is 3. The second-order valence-electron chi connectivity index (χ2n) is 9.07. The van der Waals surface area contributed by atoms with Crippen molar-refractivity contribution >= 4 is 63.8 Å². The first kappa shape index (κ1) is 26.7. The second-order valence-corrected chi connectivity index (χ2v) is 11.2. The molecule has 0 saturated heterocycles. The largest absolute Gasteiger partial charge is 0.334 e. The van der Waals surface area contributed by atoms with Crippen LogP contribution in [0.25, 0.3) is 0 Å². The molecule has 4 aliphatic heterocycles. The normalized spacial score (nSPS) is 14.8. The van der Waals surface area contributed by atoms with Crippen LogP contribution in [0.2, 0.25) is 0 Å². The number of amides is 2. The van der Waals surface area contributed by atoms with E-state index in [4.69, 9.17) is 0 Å². The number of nitrogens with one attached hydrogen (secondary N) is 2. The summed E-state index contributed by atoms with van der Waals surface area (Å²) in [5.74, 6) is -0.255. The van der Waals surface area contributed by atoms with E-state index < -0.39 is 4.92 Å². The lowest BCUT2D eigenvalue weighted by Crippen LogP contribution is -2.42. The average Bonchev–Trinajstić information content (AvgIpc) is 3.01. The van der Waals surface area contributed by atoms with Crippen molar-refractivity contribution in [3.05, 3.63) is 100 Å². The van der Waals surface area contributed by atoms with E-state index in [2.05, 4.69) is 33.7 Å². The number of benzene rings is 4. The molecule has 0 atom stereocenters. The van der Waals surface area contributed by atoms with Crippen LogP contribution in [0.3, 0.4) is 0 Å². The van der Waals surface area contributed by atoms with E-state index >= 15 is 0 Å². The van der Waals surface area contributed by atoms with Gasteiger partial charge in [-0.05, 0) is 36.4 Å². The Kier molecular flexibility index (Phi) is 7.06. The van der Waals surface area contributed by atoms with E-state index in [1.54, 1.807) is 11.8 Å². The second kappa shape index (κ2) is 10.8. The van der Waals surface area contributed by atoms with Gasteiger partial charge in [0.25, 0.3) is 17.5 Å². The standard InChI is InChI=1S/C14H9N3O3S.C14H10N2OS.C2H6/c18-14-9-5-8(17(19)20)6-12-13(9)16(7-15-14)10-3-1-2-4-11(10)21-12;17-14-9-4-3-7-12-13(9)16(8-15-14)10-5-1-2-6-11(10)18-12;1-2/h1-6H,7H2,(H,15,18);1-7H,8H2,(H,15,17);1-2H3. The molecule has 8 rings (SSSR count). The zero-order valence-corrected chi connectivity index (χ0v) is 23.8. The molecule has 4 aromatic rings. The zero-order chi connectivity index (χ0) is 28.7. The number of non-ortho nitro benzene ring substituents is 1. The highest BCUT2D eigenvalue weighted by molar-refractivity contribution is 8.00. The maximum Gasteiger partial charge on any atom is 0.271 e. The molecule has 11 heteroatoms. The molecule has 0 unspecified atom stereocenters. The van der Waals surface area contributed by atoms with Gasteiger partial charge in [-0.15, -0.1) is 0 Å². The third kappa shape index (κ3) is 4.56. The van der Waals surface area contributed by atoms with Crippen molar-refractivity contribution in [1.82, 2.24) is 10.6 Å². The summed E-state index contributed by atoms with van der Waals surface area (Å²) in [5, 5.41) is 16.7. The van der Waals surface area contributed by atoms with E-state index in [0.29, 0.717) is 18.9 Å². The summed E-state index contributed by atoms with van der Waals surface area (Å²) in [6.45, 7) is 4.91. The van der Waals surface area contributed by atoms with Crippen molar-refractivity contribution in [2.45, 2.75) is 33.4 Å². The van der Waals surface area contributed by atoms with Crippen molar-refractivity contribution in [3.63, 3.8) is 0 Å². The quantitative estimate of drug-likeness (QED) is 0.184. The number of nitro groups is 1. The lowest BCUT2D eigenvalue weighted by Gasteiger charge is -2.37. The summed E-state index contributed by atoms with van der Waals surface area (Å²) in [7, 11) is 0. The van der Waals surface area contributed by atoms with Crippen molar-refractivity contribution in [3.8, 4) is 0 Å². The van der Waals surface area contributed by atoms with Crippen LogP contribution < -0.4 is 20.4 Å². The Morgan fingerprint density at radius 1 is 0.683 bits per heavy atom. The van der Waals surface area contributed by atoms with E-state index in [-0.39, 0.29) is 17.5 Å². The minimum Gasteiger partial charge on any atom is -0.334 e. The fourth-order valence-electron chi connectivity index (χ4n) is 5.13. The zero-order valence-electron chi connectivity index (χ0n) is 22.2. The fourth-order valence-corrected chi connectivity index (χ4v) is 7.42. The number of para-hydroxylation sites is 3. The van der Waals surface area contributed by atoms with Crippen LogP contribution in [0.5, 0.6) is 0 Å². The molecule has 9 nitrogen and oxygen atoms in total. The number of fused-ring (bicyclic) bond motifs is 4. The Balaban J connectivity index is 0.000000141. The molecule has 4 aromatic carbocycles. The molecule has 2 N–H and O–H groups in total. The Morgan fingerprint density at radius 3 is 1.80 bits per heavy atom. The number of hydrogen-bond donors (Lipinski definition) is 2. The molecular formula is C30H25N5O4S2. The number of rotatable bonds is 1. The van der Waals surface area contributed by atoms with Gasteiger partial charge in [0.15, 0.2) is 0 Å². The van der Waals surface area contributed by atoms with Crippen LogP contribution in [0.15, 0.2) is 98.4 Å². The number of carbonyl (C=O) groups excluding carboxylic acids is 2. The molecule has 0 saturated carbocycles. The molecule has 206 valence electrons. The van der Waals surface area contributed by atoms with Gasteiger partial charge in [0, 0.05) is 31.7 Å². The first-order valence-corrected chi connectivity index (χ1v) is 14.7. The Morgan fingerprint density at radius 2 is 1.20 bits per heavy atom. The highest BCUT2D eigenvalue weighted by Gasteiger charge is 2.34. The maximum atomic E-state index is 12.0. The summed E-state index contributed by atoms with van der Waals surface area (Å²) >= 11 is 3.19. The third-order valence-corrected chi connectivity index (χ3v) is 9.06. The fraction of sp³-hybridized carbons (Fsp3) is 0.133. The summed E-state index contributed by atoms with van der Waals surface area (Å²) in [5.41, 5.74) is 5.03. The van der Waals surface area contributed by atoms with Gasteiger partial charge in [0.2, 0.25) is 0 Å². The Bertz CT molecular complexity index is 1730. The van der Waals surface area contributed by atoms with Crippen LogP contribution in [0, 0.1) is 10.1 Å². The van der Waals surface area contributed by atoms with Crippen molar-refractivity contribution in [1.29, 1.82) is 0 Å². The molecule has 0 radical (unpaired) electrons. The summed E-state index contributed by atoms with van der Waals surface area (Å²) in [6.07, 6.45) is 0. The topological polar surface area (TPSA) is 108 Å². The van der Waals surface area contributed by atoms with E-state index in [9.17, 15) is 19.7 Å². The van der Waals surface area contributed by atoms with Crippen LogP contribution >= 0.6 is 23.5 Å². The van der Waals surface area contributed by atoms with Gasteiger partial charge in [0.05, 0.1) is 52.1 Å². The minimum atomic E-state index is -0.468. The predicted molar refractivity (Wildman–Crippen MR) is 161 cm³/mol. The Hall–Kier alpha value is -4.48. The lowest BCUT2D eigenvalue weighted by atomic mass is 10.1. The molecule has 41 heavy (non-hydrogen) atoms. The number of carbonyl (C=O) groups is 2. The SMILES string of the molecule is CC.O=C1NCN2c3ccccc3Sc3cc([N+](=O)[O-])cc1c32.O=C1NCN2c3ccccc3Sc3cccc1c32. The smallest absolute Gasteiger partial charge is 0.271 e. The lowest BCUT2D eigenvalue weighted by molar-refractivity contribution is -0.385. The minimum absolute atomic E-state index is 0.0167. The van der Waals surface area contributed by atoms with Gasteiger partial charge < -0.3 is 20.4 Å². The molecule has 2 amide bonds. The van der Waals surface area contributed by atoms with Gasteiger partial charge in [-0.1, -0.05) is 67.7 Å². The van der Waals surface area contributed by atoms with E-state index in [1.807, 2.05) is 67.3 Å². The van der Waals surface area contributed by atoms with Gasteiger partial charge in [-0.25, -0.2) is 0 Å². The first-order chi connectivity index (χ1) is 20.0. The van der Waals surface area contributed by atoms with E-state index in [1.165, 1.54) is 34.5 Å². The van der Waals surface area contributed by atoms with Gasteiger partial charge in [-0.3, -0.25) is 19.7 Å². The van der Waals surface area contributed by atoms with Crippen LogP contribution in [-0.4, -0.2) is 30.1 Å². The molecule has 4 aliphatic rings. The van der Waals surface area contributed by atoms with Crippen LogP contribution in [0.4, 0.5) is 28.4 Å². The molecule has 0 fully saturated rings. The monoisotopic (exact) mass is 583 g/mol. The molecule has 0 aromatic heterocycles. The highest BCUT2D eigenvalue weighted by Crippen LogP contribution is 2.52. The summed E-state index contributed by atoms with van der Waals surface area (Å²) in [6, 6.07) is 24.9. The molecular weight excluding hydrogens is 558 g/mol. The highest BCUT2D eigenvalue weighted by atomic mass is 32.2.